The first kappa shape index (κ1) is 21.9. The van der Waals surface area contributed by atoms with E-state index in [9.17, 15) is 5.11 Å². The Morgan fingerprint density at radius 1 is 1.15 bits per heavy atom. The van der Waals surface area contributed by atoms with E-state index in [1.165, 1.54) is 0 Å². The van der Waals surface area contributed by atoms with E-state index in [2.05, 4.69) is 16.7 Å². The van der Waals surface area contributed by atoms with Crippen LogP contribution >= 0.6 is 0 Å². The molecule has 1 aliphatic rings. The number of ether oxygens (including phenoxy) is 2. The number of hydrogen-bond acceptors (Lipinski definition) is 7. The minimum atomic E-state index is -0.529. The van der Waals surface area contributed by atoms with Gasteiger partial charge in [0.2, 0.25) is 0 Å². The number of piperazine rings is 1. The van der Waals surface area contributed by atoms with Crippen molar-refractivity contribution in [1.29, 1.82) is 0 Å². The SMILES string of the molecule is CCN1CCN(CC(O)COc2ccc(CN(C)CCO)cc2OC)CC1. The van der Waals surface area contributed by atoms with E-state index in [1.54, 1.807) is 7.11 Å². The third-order valence-corrected chi connectivity index (χ3v) is 4.97. The molecule has 1 fully saturated rings. The number of aliphatic hydroxyl groups excluding tert-OH is 2. The molecule has 0 spiro atoms. The molecular weight excluding hydrogens is 346 g/mol. The predicted molar refractivity (Wildman–Crippen MR) is 106 cm³/mol. The summed E-state index contributed by atoms with van der Waals surface area (Å²) in [4.78, 5) is 6.75. The molecule has 7 nitrogen and oxygen atoms in total. The lowest BCUT2D eigenvalue weighted by molar-refractivity contribution is 0.0464. The highest BCUT2D eigenvalue weighted by Gasteiger charge is 2.19. The Balaban J connectivity index is 1.82. The molecule has 1 atom stereocenters. The smallest absolute Gasteiger partial charge is 0.161 e. The lowest BCUT2D eigenvalue weighted by Gasteiger charge is -2.34. The van der Waals surface area contributed by atoms with Gasteiger partial charge in [0, 0.05) is 45.8 Å². The Morgan fingerprint density at radius 2 is 1.85 bits per heavy atom. The Bertz CT molecular complexity index is 550. The van der Waals surface area contributed by atoms with E-state index in [1.807, 2.05) is 30.1 Å². The maximum Gasteiger partial charge on any atom is 0.161 e. The van der Waals surface area contributed by atoms with Crippen LogP contribution in [0.3, 0.4) is 0 Å². The third kappa shape index (κ3) is 7.27. The van der Waals surface area contributed by atoms with Gasteiger partial charge in [0.15, 0.2) is 11.5 Å². The zero-order valence-electron chi connectivity index (χ0n) is 16.9. The van der Waals surface area contributed by atoms with Gasteiger partial charge in [-0.05, 0) is 31.3 Å². The molecule has 1 heterocycles. The van der Waals surface area contributed by atoms with Crippen molar-refractivity contribution in [2.45, 2.75) is 19.6 Å². The molecule has 0 radical (unpaired) electrons. The summed E-state index contributed by atoms with van der Waals surface area (Å²) in [6.45, 7) is 9.73. The zero-order valence-corrected chi connectivity index (χ0v) is 16.9. The average Bonchev–Trinajstić information content (AvgIpc) is 2.67. The summed E-state index contributed by atoms with van der Waals surface area (Å²) in [5.41, 5.74) is 1.09. The Morgan fingerprint density at radius 3 is 2.48 bits per heavy atom. The molecule has 0 saturated carbocycles. The molecule has 1 unspecified atom stereocenters. The quantitative estimate of drug-likeness (QED) is 0.578. The third-order valence-electron chi connectivity index (χ3n) is 4.97. The number of aliphatic hydroxyl groups is 2. The van der Waals surface area contributed by atoms with Gasteiger partial charge in [-0.3, -0.25) is 9.80 Å². The maximum atomic E-state index is 10.3. The highest BCUT2D eigenvalue weighted by Crippen LogP contribution is 2.28. The van der Waals surface area contributed by atoms with Gasteiger partial charge in [0.1, 0.15) is 12.7 Å². The molecule has 1 aliphatic heterocycles. The van der Waals surface area contributed by atoms with E-state index in [0.29, 0.717) is 24.6 Å². The highest BCUT2D eigenvalue weighted by atomic mass is 16.5. The fraction of sp³-hybridized carbons (Fsp3) is 0.700. The van der Waals surface area contributed by atoms with Crippen LogP contribution in [0.25, 0.3) is 0 Å². The summed E-state index contributed by atoms with van der Waals surface area (Å²) < 4.78 is 11.3. The van der Waals surface area contributed by atoms with E-state index in [0.717, 1.165) is 44.8 Å². The fourth-order valence-electron chi connectivity index (χ4n) is 3.32. The normalized spacial score (nSPS) is 17.3. The number of methoxy groups -OCH3 is 1. The number of benzene rings is 1. The molecule has 1 saturated heterocycles. The maximum absolute atomic E-state index is 10.3. The van der Waals surface area contributed by atoms with Gasteiger partial charge in [0.05, 0.1) is 13.7 Å². The van der Waals surface area contributed by atoms with Crippen LogP contribution < -0.4 is 9.47 Å². The van der Waals surface area contributed by atoms with Gasteiger partial charge in [0.25, 0.3) is 0 Å². The van der Waals surface area contributed by atoms with Crippen LogP contribution in [0, 0.1) is 0 Å². The molecule has 0 amide bonds. The van der Waals surface area contributed by atoms with Crippen molar-refractivity contribution in [3.8, 4) is 11.5 Å². The van der Waals surface area contributed by atoms with Gasteiger partial charge in [-0.15, -0.1) is 0 Å². The van der Waals surface area contributed by atoms with Crippen LogP contribution in [-0.4, -0.2) is 104 Å². The van der Waals surface area contributed by atoms with E-state index in [4.69, 9.17) is 14.6 Å². The highest BCUT2D eigenvalue weighted by molar-refractivity contribution is 5.43. The van der Waals surface area contributed by atoms with Crippen molar-refractivity contribution in [3.63, 3.8) is 0 Å². The predicted octanol–water partition coefficient (Wildman–Crippen LogP) is 0.497. The van der Waals surface area contributed by atoms with Crippen LogP contribution in [0.4, 0.5) is 0 Å². The minimum Gasteiger partial charge on any atom is -0.493 e. The van der Waals surface area contributed by atoms with Crippen LogP contribution in [0.15, 0.2) is 18.2 Å². The van der Waals surface area contributed by atoms with Gasteiger partial charge >= 0.3 is 0 Å². The monoisotopic (exact) mass is 381 g/mol. The molecule has 2 N–H and O–H groups in total. The lowest BCUT2D eigenvalue weighted by Crippen LogP contribution is -2.49. The summed E-state index contributed by atoms with van der Waals surface area (Å²) in [6.07, 6.45) is -0.529. The first-order chi connectivity index (χ1) is 13.0. The van der Waals surface area contributed by atoms with Crippen molar-refractivity contribution in [3.05, 3.63) is 23.8 Å². The summed E-state index contributed by atoms with van der Waals surface area (Å²) >= 11 is 0. The van der Waals surface area contributed by atoms with Gasteiger partial charge < -0.3 is 24.6 Å². The van der Waals surface area contributed by atoms with Crippen LogP contribution in [0.2, 0.25) is 0 Å². The largest absolute Gasteiger partial charge is 0.493 e. The number of β-amino-alcohol motifs (C(OH)–C–C–N with tert-alkyl or cyclic N) is 1. The minimum absolute atomic E-state index is 0.139. The van der Waals surface area contributed by atoms with Crippen LogP contribution in [-0.2, 0) is 6.54 Å². The average molecular weight is 382 g/mol. The first-order valence-corrected chi connectivity index (χ1v) is 9.77. The molecule has 27 heavy (non-hydrogen) atoms. The molecule has 1 aromatic carbocycles. The second-order valence-corrected chi connectivity index (χ2v) is 7.15. The number of hydrogen-bond donors (Lipinski definition) is 2. The Hall–Kier alpha value is -1.38. The second kappa shape index (κ2) is 11.5. The van der Waals surface area contributed by atoms with Crippen molar-refractivity contribution in [1.82, 2.24) is 14.7 Å². The number of likely N-dealkylation sites (N-methyl/N-ethyl adjacent to an activating group) is 2. The number of nitrogens with zero attached hydrogens (tertiary/aromatic N) is 3. The van der Waals surface area contributed by atoms with Gasteiger partial charge in [-0.25, -0.2) is 0 Å². The molecule has 7 heteroatoms. The molecule has 0 bridgehead atoms. The summed E-state index contributed by atoms with van der Waals surface area (Å²) in [5.74, 6) is 1.30. The fourth-order valence-corrected chi connectivity index (χ4v) is 3.32. The van der Waals surface area contributed by atoms with Crippen molar-refractivity contribution in [2.75, 3.05) is 73.2 Å². The molecule has 1 aromatic rings. The summed E-state index contributed by atoms with van der Waals surface area (Å²) in [7, 11) is 3.58. The van der Waals surface area contributed by atoms with Crippen molar-refractivity contribution >= 4 is 0 Å². The summed E-state index contributed by atoms with van der Waals surface area (Å²) in [6, 6.07) is 5.81. The Kier molecular flexibility index (Phi) is 9.30. The standard InChI is InChI=1S/C20H35N3O4/c1-4-22-7-9-23(10-8-22)15-18(25)16-27-19-6-5-17(13-20(19)26-3)14-21(2)11-12-24/h5-6,13,18,24-25H,4,7-12,14-16H2,1-3H3. The summed E-state index contributed by atoms with van der Waals surface area (Å²) in [5, 5.41) is 19.3. The lowest BCUT2D eigenvalue weighted by atomic mass is 10.2. The molecule has 154 valence electrons. The van der Waals surface area contributed by atoms with Crippen molar-refractivity contribution < 1.29 is 19.7 Å². The topological polar surface area (TPSA) is 68.6 Å². The van der Waals surface area contributed by atoms with Gasteiger partial charge in [-0.1, -0.05) is 13.0 Å². The molecule has 2 rings (SSSR count). The van der Waals surface area contributed by atoms with Gasteiger partial charge in [-0.2, -0.15) is 0 Å². The molecular formula is C20H35N3O4. The van der Waals surface area contributed by atoms with E-state index in [-0.39, 0.29) is 13.2 Å². The Labute approximate surface area is 163 Å². The first-order valence-electron chi connectivity index (χ1n) is 9.77. The van der Waals surface area contributed by atoms with Crippen LogP contribution in [0.1, 0.15) is 12.5 Å². The van der Waals surface area contributed by atoms with E-state index >= 15 is 0 Å². The second-order valence-electron chi connectivity index (χ2n) is 7.15. The number of rotatable bonds is 11. The molecule has 0 aliphatic carbocycles. The molecule has 0 aromatic heterocycles. The zero-order chi connectivity index (χ0) is 19.6. The van der Waals surface area contributed by atoms with E-state index < -0.39 is 6.10 Å². The van der Waals surface area contributed by atoms with Crippen LogP contribution in [0.5, 0.6) is 11.5 Å². The van der Waals surface area contributed by atoms with Crippen molar-refractivity contribution in [2.24, 2.45) is 0 Å².